The molecule has 0 saturated carbocycles. The van der Waals surface area contributed by atoms with Crippen molar-refractivity contribution in [3.8, 4) is 16.6 Å². The second-order valence-electron chi connectivity index (χ2n) is 4.11. The number of hydrogen-bond donors (Lipinski definition) is 1. The monoisotopic (exact) mass is 278 g/mol. The SMILES string of the molecule is CCCc1nc(-c2cc(OC)ncn2)sc1CNC. The molecule has 0 aliphatic heterocycles. The van der Waals surface area contributed by atoms with Crippen molar-refractivity contribution < 1.29 is 4.74 Å². The van der Waals surface area contributed by atoms with Crippen LogP contribution in [0.2, 0.25) is 0 Å². The van der Waals surface area contributed by atoms with Gasteiger partial charge < -0.3 is 10.1 Å². The zero-order valence-electron chi connectivity index (χ0n) is 11.4. The Bertz CT molecular complexity index is 518. The largest absolute Gasteiger partial charge is 0.481 e. The molecule has 2 heterocycles. The fraction of sp³-hybridized carbons (Fsp3) is 0.462. The Morgan fingerprint density at radius 1 is 1.37 bits per heavy atom. The molecule has 0 aliphatic rings. The van der Waals surface area contributed by atoms with Crippen LogP contribution < -0.4 is 10.1 Å². The smallest absolute Gasteiger partial charge is 0.216 e. The first kappa shape index (κ1) is 13.9. The molecule has 2 rings (SSSR count). The number of aryl methyl sites for hydroxylation is 1. The van der Waals surface area contributed by atoms with E-state index >= 15 is 0 Å². The highest BCUT2D eigenvalue weighted by Gasteiger charge is 2.13. The highest BCUT2D eigenvalue weighted by Crippen LogP contribution is 2.28. The second kappa shape index (κ2) is 6.58. The van der Waals surface area contributed by atoms with Crippen molar-refractivity contribution in [1.29, 1.82) is 0 Å². The molecule has 5 nitrogen and oxygen atoms in total. The maximum absolute atomic E-state index is 5.12. The Balaban J connectivity index is 2.35. The average molecular weight is 278 g/mol. The van der Waals surface area contributed by atoms with E-state index in [0.717, 1.165) is 35.8 Å². The van der Waals surface area contributed by atoms with Crippen molar-refractivity contribution in [2.45, 2.75) is 26.3 Å². The minimum absolute atomic E-state index is 0.562. The molecule has 0 aliphatic carbocycles. The molecule has 0 spiro atoms. The molecule has 1 N–H and O–H groups in total. The highest BCUT2D eigenvalue weighted by molar-refractivity contribution is 7.15. The van der Waals surface area contributed by atoms with Crippen LogP contribution >= 0.6 is 11.3 Å². The van der Waals surface area contributed by atoms with E-state index in [2.05, 4.69) is 22.2 Å². The van der Waals surface area contributed by atoms with E-state index < -0.39 is 0 Å². The molecule has 2 aromatic heterocycles. The Morgan fingerprint density at radius 2 is 2.21 bits per heavy atom. The van der Waals surface area contributed by atoms with Gasteiger partial charge in [-0.15, -0.1) is 11.3 Å². The van der Waals surface area contributed by atoms with Gasteiger partial charge in [0.2, 0.25) is 5.88 Å². The maximum atomic E-state index is 5.12. The molecule has 0 unspecified atom stereocenters. The van der Waals surface area contributed by atoms with Crippen LogP contribution in [-0.2, 0) is 13.0 Å². The van der Waals surface area contributed by atoms with Gasteiger partial charge in [-0.05, 0) is 13.5 Å². The lowest BCUT2D eigenvalue weighted by Gasteiger charge is -1.99. The highest BCUT2D eigenvalue weighted by atomic mass is 32.1. The summed E-state index contributed by atoms with van der Waals surface area (Å²) in [5.41, 5.74) is 1.98. The first-order chi connectivity index (χ1) is 9.28. The van der Waals surface area contributed by atoms with Gasteiger partial charge in [0, 0.05) is 17.5 Å². The summed E-state index contributed by atoms with van der Waals surface area (Å²) in [4.78, 5) is 14.3. The summed E-state index contributed by atoms with van der Waals surface area (Å²) in [6.45, 7) is 3.01. The van der Waals surface area contributed by atoms with Gasteiger partial charge in [-0.25, -0.2) is 15.0 Å². The van der Waals surface area contributed by atoms with Gasteiger partial charge in [0.05, 0.1) is 12.8 Å². The average Bonchev–Trinajstić information content (AvgIpc) is 2.83. The summed E-state index contributed by atoms with van der Waals surface area (Å²) in [6.07, 6.45) is 3.59. The number of nitrogens with zero attached hydrogens (tertiary/aromatic N) is 3. The topological polar surface area (TPSA) is 59.9 Å². The van der Waals surface area contributed by atoms with E-state index in [1.165, 1.54) is 11.2 Å². The predicted octanol–water partition coefficient (Wildman–Crippen LogP) is 2.28. The van der Waals surface area contributed by atoms with Crippen molar-refractivity contribution in [2.75, 3.05) is 14.2 Å². The lowest BCUT2D eigenvalue weighted by atomic mass is 10.2. The predicted molar refractivity (Wildman–Crippen MR) is 76.5 cm³/mol. The fourth-order valence-electron chi connectivity index (χ4n) is 1.79. The number of ether oxygens (including phenoxy) is 1. The number of rotatable bonds is 6. The quantitative estimate of drug-likeness (QED) is 0.878. The lowest BCUT2D eigenvalue weighted by Crippen LogP contribution is -2.05. The fourth-order valence-corrected chi connectivity index (χ4v) is 2.88. The van der Waals surface area contributed by atoms with E-state index in [4.69, 9.17) is 9.72 Å². The Hall–Kier alpha value is -1.53. The lowest BCUT2D eigenvalue weighted by molar-refractivity contribution is 0.397. The first-order valence-electron chi connectivity index (χ1n) is 6.28. The van der Waals surface area contributed by atoms with Crippen LogP contribution in [0.3, 0.4) is 0 Å². The standard InChI is InChI=1S/C13H18N4OS/c1-4-5-9-11(7-14-2)19-13(17-9)10-6-12(18-3)16-8-15-10/h6,8,14H,4-5,7H2,1-3H3. The van der Waals surface area contributed by atoms with E-state index in [-0.39, 0.29) is 0 Å². The molecule has 2 aromatic rings. The minimum Gasteiger partial charge on any atom is -0.481 e. The van der Waals surface area contributed by atoms with Gasteiger partial charge in [0.1, 0.15) is 17.0 Å². The van der Waals surface area contributed by atoms with E-state index in [1.807, 2.05) is 13.1 Å². The van der Waals surface area contributed by atoms with Crippen LogP contribution in [0.5, 0.6) is 5.88 Å². The molecule has 0 radical (unpaired) electrons. The molecule has 6 heteroatoms. The van der Waals surface area contributed by atoms with Crippen molar-refractivity contribution in [1.82, 2.24) is 20.3 Å². The molecule has 0 saturated heterocycles. The third kappa shape index (κ3) is 3.27. The van der Waals surface area contributed by atoms with Crippen LogP contribution in [0.15, 0.2) is 12.4 Å². The third-order valence-corrected chi connectivity index (χ3v) is 3.79. The number of hydrogen-bond acceptors (Lipinski definition) is 6. The summed E-state index contributed by atoms with van der Waals surface area (Å²) in [5.74, 6) is 0.562. The normalized spacial score (nSPS) is 10.7. The molecule has 0 atom stereocenters. The van der Waals surface area contributed by atoms with Crippen molar-refractivity contribution in [2.24, 2.45) is 0 Å². The molecule has 102 valence electrons. The number of methoxy groups -OCH3 is 1. The molecular formula is C13H18N4OS. The van der Waals surface area contributed by atoms with E-state index in [9.17, 15) is 0 Å². The number of aromatic nitrogens is 3. The van der Waals surface area contributed by atoms with Gasteiger partial charge in [-0.2, -0.15) is 0 Å². The van der Waals surface area contributed by atoms with E-state index in [0.29, 0.717) is 5.88 Å². The van der Waals surface area contributed by atoms with Crippen LogP contribution in [0.25, 0.3) is 10.7 Å². The summed E-state index contributed by atoms with van der Waals surface area (Å²) >= 11 is 1.68. The van der Waals surface area contributed by atoms with Crippen molar-refractivity contribution >= 4 is 11.3 Å². The minimum atomic E-state index is 0.562. The first-order valence-corrected chi connectivity index (χ1v) is 7.09. The maximum Gasteiger partial charge on any atom is 0.216 e. The van der Waals surface area contributed by atoms with Gasteiger partial charge >= 0.3 is 0 Å². The zero-order chi connectivity index (χ0) is 13.7. The third-order valence-electron chi connectivity index (χ3n) is 2.67. The van der Waals surface area contributed by atoms with Crippen molar-refractivity contribution in [3.05, 3.63) is 23.0 Å². The second-order valence-corrected chi connectivity index (χ2v) is 5.20. The molecule has 19 heavy (non-hydrogen) atoms. The Labute approximate surface area is 117 Å². The summed E-state index contributed by atoms with van der Waals surface area (Å²) in [7, 11) is 3.55. The molecule has 0 amide bonds. The molecular weight excluding hydrogens is 260 g/mol. The van der Waals surface area contributed by atoms with Gasteiger partial charge in [-0.1, -0.05) is 13.3 Å². The van der Waals surface area contributed by atoms with Gasteiger partial charge in [-0.3, -0.25) is 0 Å². The van der Waals surface area contributed by atoms with Gasteiger partial charge in [0.25, 0.3) is 0 Å². The summed E-state index contributed by atoms with van der Waals surface area (Å²) in [6, 6.07) is 1.82. The summed E-state index contributed by atoms with van der Waals surface area (Å²) in [5, 5.41) is 4.11. The number of nitrogens with one attached hydrogen (secondary N) is 1. The summed E-state index contributed by atoms with van der Waals surface area (Å²) < 4.78 is 5.12. The van der Waals surface area contributed by atoms with Crippen LogP contribution in [-0.4, -0.2) is 29.1 Å². The molecule has 0 aromatic carbocycles. The molecule has 0 bridgehead atoms. The molecule has 0 fully saturated rings. The van der Waals surface area contributed by atoms with Crippen LogP contribution in [0, 0.1) is 0 Å². The van der Waals surface area contributed by atoms with Crippen LogP contribution in [0.1, 0.15) is 23.9 Å². The number of thiazole rings is 1. The van der Waals surface area contributed by atoms with Crippen molar-refractivity contribution in [3.63, 3.8) is 0 Å². The van der Waals surface area contributed by atoms with Crippen LogP contribution in [0.4, 0.5) is 0 Å². The Morgan fingerprint density at radius 3 is 2.89 bits per heavy atom. The van der Waals surface area contributed by atoms with E-state index in [1.54, 1.807) is 18.4 Å². The van der Waals surface area contributed by atoms with Gasteiger partial charge in [0.15, 0.2) is 0 Å². The Kier molecular flexibility index (Phi) is 4.81. The zero-order valence-corrected chi connectivity index (χ0v) is 12.3.